The van der Waals surface area contributed by atoms with E-state index in [0.29, 0.717) is 29.7 Å². The van der Waals surface area contributed by atoms with Crippen LogP contribution in [-0.4, -0.2) is 90.9 Å². The van der Waals surface area contributed by atoms with Gasteiger partial charge in [-0.3, -0.25) is 19.1 Å². The number of carbonyl (C=O) groups is 4. The molecule has 292 valence electrons. The van der Waals surface area contributed by atoms with Crippen LogP contribution in [0.1, 0.15) is 53.4 Å². The summed E-state index contributed by atoms with van der Waals surface area (Å²) in [6.45, 7) is 11.2. The molecule has 6 atom stereocenters. The van der Waals surface area contributed by atoms with Crippen molar-refractivity contribution in [1.29, 1.82) is 0 Å². The number of nitrogens with zero attached hydrogens (tertiary/aromatic N) is 2. The molecule has 4 bridgehead atoms. The van der Waals surface area contributed by atoms with Crippen LogP contribution in [0, 0.1) is 17.3 Å². The summed E-state index contributed by atoms with van der Waals surface area (Å²) < 4.78 is 46.0. The lowest BCUT2D eigenvalue weighted by atomic mass is 9.85. The molecule has 4 amide bonds. The summed E-state index contributed by atoms with van der Waals surface area (Å²) in [5, 5.41) is 5.77. The molecule has 0 spiro atoms. The van der Waals surface area contributed by atoms with E-state index >= 15 is 0 Å². The van der Waals surface area contributed by atoms with Gasteiger partial charge in [0.1, 0.15) is 29.5 Å². The lowest BCUT2D eigenvalue weighted by molar-refractivity contribution is -0.142. The van der Waals surface area contributed by atoms with Crippen LogP contribution in [0.25, 0.3) is 22.0 Å². The first-order chi connectivity index (χ1) is 26.1. The minimum Gasteiger partial charge on any atom is -0.493 e. The van der Waals surface area contributed by atoms with Crippen molar-refractivity contribution in [3.05, 3.63) is 67.3 Å². The predicted molar refractivity (Wildman–Crippen MR) is 203 cm³/mol. The molecule has 2 unspecified atom stereocenters. The molecule has 55 heavy (non-hydrogen) atoms. The number of aromatic nitrogens is 1. The van der Waals surface area contributed by atoms with E-state index in [0.717, 1.165) is 10.9 Å². The van der Waals surface area contributed by atoms with Gasteiger partial charge >= 0.3 is 6.09 Å². The number of ether oxygens (including phenoxy) is 3. The fourth-order valence-electron chi connectivity index (χ4n) is 7.18. The third-order valence-electron chi connectivity index (χ3n) is 10.6. The quantitative estimate of drug-likeness (QED) is 0.309. The minimum absolute atomic E-state index is 0.00429. The molecule has 14 nitrogen and oxygen atoms in total. The van der Waals surface area contributed by atoms with Gasteiger partial charge in [-0.1, -0.05) is 64.1 Å². The van der Waals surface area contributed by atoms with Crippen LogP contribution in [0.3, 0.4) is 0 Å². The second-order valence-corrected chi connectivity index (χ2v) is 18.1. The van der Waals surface area contributed by atoms with Crippen molar-refractivity contribution in [2.24, 2.45) is 17.3 Å². The number of amides is 4. The number of cyclic esters (lactones) is 1. The molecule has 1 saturated heterocycles. The van der Waals surface area contributed by atoms with Crippen molar-refractivity contribution >= 4 is 44.7 Å². The molecule has 1 aromatic heterocycles. The fraction of sp³-hybridized carbons (Fsp3) is 0.475. The number of benzene rings is 2. The van der Waals surface area contributed by atoms with E-state index in [2.05, 4.69) is 21.9 Å². The summed E-state index contributed by atoms with van der Waals surface area (Å²) in [6, 6.07) is 14.8. The van der Waals surface area contributed by atoms with Gasteiger partial charge in [0, 0.05) is 29.2 Å². The van der Waals surface area contributed by atoms with E-state index in [-0.39, 0.29) is 44.4 Å². The molecule has 15 heteroatoms. The first kappa shape index (κ1) is 38.1. The molecule has 3 aromatic rings. The molecule has 2 aliphatic heterocycles. The number of nitrogens with one attached hydrogen (secondary N) is 3. The number of pyridine rings is 1. The normalized spacial score (nSPS) is 27.2. The summed E-state index contributed by atoms with van der Waals surface area (Å²) in [5.41, 5.74) is -0.278. The summed E-state index contributed by atoms with van der Waals surface area (Å²) in [4.78, 5) is 62.0. The van der Waals surface area contributed by atoms with Crippen LogP contribution in [0.2, 0.25) is 0 Å². The number of para-hydroxylation sites is 1. The van der Waals surface area contributed by atoms with Gasteiger partial charge in [-0.05, 0) is 54.5 Å². The molecule has 3 heterocycles. The molecular weight excluding hydrogens is 727 g/mol. The summed E-state index contributed by atoms with van der Waals surface area (Å²) in [6.07, 6.45) is 0.992. The van der Waals surface area contributed by atoms with Crippen molar-refractivity contribution in [1.82, 2.24) is 25.2 Å². The number of hydrogen-bond donors (Lipinski definition) is 3. The molecule has 2 aromatic carbocycles. The van der Waals surface area contributed by atoms with Crippen molar-refractivity contribution in [2.75, 3.05) is 19.8 Å². The van der Waals surface area contributed by atoms with E-state index < -0.39 is 74.1 Å². The lowest BCUT2D eigenvalue weighted by Crippen LogP contribution is -2.60. The zero-order valence-corrected chi connectivity index (χ0v) is 32.2. The van der Waals surface area contributed by atoms with Gasteiger partial charge in [-0.15, -0.1) is 6.58 Å². The van der Waals surface area contributed by atoms with Crippen LogP contribution in [0.15, 0.2) is 67.3 Å². The SMILES string of the molecule is C=C[C@@H]1CC1(NC(=O)[C@@H]1CC2CN1C(=O)[C@H](C(C)(C)C)NC(=O)OC[C@@H](C)COc1cccc(c1)-c1cc3ccccc3nc1O2)C(=O)NS(=O)(=O)C1CC1. The maximum atomic E-state index is 14.6. The highest BCUT2D eigenvalue weighted by atomic mass is 32.2. The third-order valence-corrected chi connectivity index (χ3v) is 12.4. The maximum absolute atomic E-state index is 14.6. The Morgan fingerprint density at radius 1 is 1.05 bits per heavy atom. The first-order valence-corrected chi connectivity index (χ1v) is 20.2. The Kier molecular flexibility index (Phi) is 10.0. The smallest absolute Gasteiger partial charge is 0.407 e. The Balaban J connectivity index is 1.26. The first-order valence-electron chi connectivity index (χ1n) is 18.6. The van der Waals surface area contributed by atoms with Crippen LogP contribution in [-0.2, 0) is 29.1 Å². The van der Waals surface area contributed by atoms with E-state index in [9.17, 15) is 27.6 Å². The number of fused-ring (bicyclic) bond motifs is 7. The van der Waals surface area contributed by atoms with Gasteiger partial charge in [0.2, 0.25) is 27.7 Å². The Labute approximate surface area is 320 Å². The minimum atomic E-state index is -3.91. The molecule has 2 saturated carbocycles. The second-order valence-electron chi connectivity index (χ2n) is 16.2. The Bertz CT molecular complexity index is 2150. The van der Waals surface area contributed by atoms with Gasteiger partial charge in [-0.2, -0.15) is 0 Å². The summed E-state index contributed by atoms with van der Waals surface area (Å²) in [5.74, 6) is -1.92. The number of hydrogen-bond acceptors (Lipinski definition) is 10. The van der Waals surface area contributed by atoms with E-state index in [1.165, 1.54) is 11.0 Å². The van der Waals surface area contributed by atoms with Crippen molar-refractivity contribution < 1.29 is 41.8 Å². The standard InChI is InChI=1S/C40H47N5O9S/c1-6-26-19-40(26,37(48)44-55(50,51)29-14-15-29)43-34(46)32-18-28-20-45(32)36(47)33(39(3,4)5)42-38(49)53-22-23(2)21-52-27-12-9-11-24(16-27)30-17-25-10-7-8-13-31(25)41-35(30)54-28/h6-13,16-17,23,26,28-29,32-33H,1,14-15,18-22H2,2-5H3,(H,42,49)(H,43,46)(H,44,48)/t23-,26+,28?,32-,33+,40?/m0/s1. The predicted octanol–water partition coefficient (Wildman–Crippen LogP) is 4.09. The number of sulfonamides is 1. The van der Waals surface area contributed by atoms with Gasteiger partial charge in [0.15, 0.2) is 0 Å². The van der Waals surface area contributed by atoms with Crippen molar-refractivity contribution in [3.8, 4) is 22.8 Å². The van der Waals surface area contributed by atoms with Gasteiger partial charge in [-0.25, -0.2) is 18.2 Å². The number of rotatable bonds is 6. The molecule has 7 rings (SSSR count). The zero-order valence-electron chi connectivity index (χ0n) is 31.4. The molecule has 4 aliphatic rings. The highest BCUT2D eigenvalue weighted by molar-refractivity contribution is 7.91. The topological polar surface area (TPSA) is 182 Å². The van der Waals surface area contributed by atoms with Gasteiger partial charge in [0.05, 0.1) is 30.5 Å². The molecule has 2 aliphatic carbocycles. The van der Waals surface area contributed by atoms with Gasteiger partial charge in [0.25, 0.3) is 5.91 Å². The Morgan fingerprint density at radius 2 is 1.80 bits per heavy atom. The Morgan fingerprint density at radius 3 is 2.51 bits per heavy atom. The molecule has 0 radical (unpaired) electrons. The number of carbonyl (C=O) groups excluding carboxylic acids is 4. The Hall–Kier alpha value is -5.18. The second kappa shape index (κ2) is 14.5. The van der Waals surface area contributed by atoms with E-state index in [1.807, 2.05) is 61.5 Å². The van der Waals surface area contributed by atoms with E-state index in [4.69, 9.17) is 19.2 Å². The average Bonchev–Trinajstić information content (AvgIpc) is 4.07. The monoisotopic (exact) mass is 773 g/mol. The summed E-state index contributed by atoms with van der Waals surface area (Å²) >= 11 is 0. The van der Waals surface area contributed by atoms with E-state index in [1.54, 1.807) is 20.8 Å². The lowest BCUT2D eigenvalue weighted by Gasteiger charge is -2.35. The van der Waals surface area contributed by atoms with Crippen LogP contribution >= 0.6 is 0 Å². The molecule has 3 fully saturated rings. The highest BCUT2D eigenvalue weighted by Crippen LogP contribution is 2.46. The largest absolute Gasteiger partial charge is 0.493 e. The van der Waals surface area contributed by atoms with Gasteiger partial charge < -0.3 is 29.7 Å². The van der Waals surface area contributed by atoms with Crippen molar-refractivity contribution in [2.45, 2.75) is 82.4 Å². The highest BCUT2D eigenvalue weighted by Gasteiger charge is 2.62. The molecular formula is C40H47N5O9S. The third kappa shape index (κ3) is 7.98. The fourth-order valence-corrected chi connectivity index (χ4v) is 8.54. The maximum Gasteiger partial charge on any atom is 0.407 e. The number of alkyl carbamates (subject to hydrolysis) is 1. The van der Waals surface area contributed by atoms with Crippen LogP contribution < -0.4 is 24.8 Å². The zero-order chi connectivity index (χ0) is 39.3. The van der Waals surface area contributed by atoms with Crippen LogP contribution in [0.5, 0.6) is 11.6 Å². The van der Waals surface area contributed by atoms with Crippen molar-refractivity contribution in [3.63, 3.8) is 0 Å². The molecule has 3 N–H and O–H groups in total. The summed E-state index contributed by atoms with van der Waals surface area (Å²) in [7, 11) is -3.91. The van der Waals surface area contributed by atoms with Crippen LogP contribution in [0.4, 0.5) is 4.79 Å². The average molecular weight is 774 g/mol.